The predicted molar refractivity (Wildman–Crippen MR) is 64.4 cm³/mol. The minimum atomic E-state index is -0.817. The van der Waals surface area contributed by atoms with E-state index >= 15 is 0 Å². The summed E-state index contributed by atoms with van der Waals surface area (Å²) in [5.74, 6) is -0.817. The molecule has 2 aromatic rings. The molecule has 0 unspecified atom stereocenters. The Morgan fingerprint density at radius 1 is 1.56 bits per heavy atom. The van der Waals surface area contributed by atoms with Crippen LogP contribution in [0.1, 0.15) is 12.0 Å². The van der Waals surface area contributed by atoms with Gasteiger partial charge in [-0.3, -0.25) is 9.48 Å². The van der Waals surface area contributed by atoms with Crippen molar-refractivity contribution in [3.63, 3.8) is 0 Å². The van der Waals surface area contributed by atoms with Gasteiger partial charge in [-0.1, -0.05) is 6.07 Å². The SMILES string of the molecule is Cc1ccc2c(Br)n(CCC(=O)O)nc2c1. The Bertz CT molecular complexity index is 548. The van der Waals surface area contributed by atoms with Crippen LogP contribution in [0, 0.1) is 6.92 Å². The predicted octanol–water partition coefficient (Wildman–Crippen LogP) is 2.58. The van der Waals surface area contributed by atoms with Gasteiger partial charge in [-0.25, -0.2) is 0 Å². The molecular weight excluding hydrogens is 272 g/mol. The Hall–Kier alpha value is -1.36. The number of nitrogens with zero attached hydrogens (tertiary/aromatic N) is 2. The Morgan fingerprint density at radius 3 is 3.00 bits per heavy atom. The second-order valence-electron chi connectivity index (χ2n) is 3.68. The molecule has 1 N–H and O–H groups in total. The fourth-order valence-electron chi connectivity index (χ4n) is 1.56. The highest BCUT2D eigenvalue weighted by atomic mass is 79.9. The van der Waals surface area contributed by atoms with Crippen LogP contribution in [-0.4, -0.2) is 20.9 Å². The van der Waals surface area contributed by atoms with Gasteiger partial charge in [-0.05, 0) is 40.5 Å². The third-order valence-corrected chi connectivity index (χ3v) is 3.20. The molecule has 84 valence electrons. The van der Waals surface area contributed by atoms with Crippen molar-refractivity contribution in [3.8, 4) is 0 Å². The van der Waals surface area contributed by atoms with E-state index in [1.54, 1.807) is 4.68 Å². The number of aryl methyl sites for hydroxylation is 2. The first kappa shape index (κ1) is 11.1. The van der Waals surface area contributed by atoms with E-state index < -0.39 is 5.97 Å². The van der Waals surface area contributed by atoms with E-state index in [-0.39, 0.29) is 6.42 Å². The maximum Gasteiger partial charge on any atom is 0.305 e. The quantitative estimate of drug-likeness (QED) is 0.942. The molecule has 1 aromatic heterocycles. The third kappa shape index (κ3) is 2.09. The van der Waals surface area contributed by atoms with Crippen LogP contribution in [0.3, 0.4) is 0 Å². The van der Waals surface area contributed by atoms with E-state index in [0.29, 0.717) is 6.54 Å². The van der Waals surface area contributed by atoms with Crippen molar-refractivity contribution in [3.05, 3.63) is 28.4 Å². The number of fused-ring (bicyclic) bond motifs is 1. The summed E-state index contributed by atoms with van der Waals surface area (Å²) in [6, 6.07) is 5.98. The van der Waals surface area contributed by atoms with Gasteiger partial charge in [0.25, 0.3) is 0 Å². The van der Waals surface area contributed by atoms with Gasteiger partial charge in [-0.2, -0.15) is 5.10 Å². The summed E-state index contributed by atoms with van der Waals surface area (Å²) < 4.78 is 2.52. The Kier molecular flexibility index (Phi) is 2.96. The van der Waals surface area contributed by atoms with Gasteiger partial charge in [0.1, 0.15) is 4.60 Å². The van der Waals surface area contributed by atoms with Crippen LogP contribution in [-0.2, 0) is 11.3 Å². The smallest absolute Gasteiger partial charge is 0.305 e. The number of aliphatic carboxylic acids is 1. The average Bonchev–Trinajstić information content (AvgIpc) is 2.52. The van der Waals surface area contributed by atoms with Gasteiger partial charge in [0, 0.05) is 5.39 Å². The molecule has 0 aliphatic rings. The number of rotatable bonds is 3. The maximum atomic E-state index is 10.5. The van der Waals surface area contributed by atoms with Crippen LogP contribution in [0.5, 0.6) is 0 Å². The number of carbonyl (C=O) groups is 1. The average molecular weight is 283 g/mol. The van der Waals surface area contributed by atoms with Gasteiger partial charge >= 0.3 is 5.97 Å². The molecule has 16 heavy (non-hydrogen) atoms. The summed E-state index contributed by atoms with van der Waals surface area (Å²) in [6.45, 7) is 2.38. The van der Waals surface area contributed by atoms with Gasteiger partial charge in [0.2, 0.25) is 0 Å². The molecular formula is C11H11BrN2O2. The van der Waals surface area contributed by atoms with Crippen LogP contribution in [0.2, 0.25) is 0 Å². The van der Waals surface area contributed by atoms with E-state index in [1.165, 1.54) is 0 Å². The number of benzene rings is 1. The van der Waals surface area contributed by atoms with E-state index in [9.17, 15) is 4.79 Å². The third-order valence-electron chi connectivity index (χ3n) is 2.37. The highest BCUT2D eigenvalue weighted by molar-refractivity contribution is 9.10. The number of carboxylic acids is 1. The first-order chi connectivity index (χ1) is 7.58. The summed E-state index contributed by atoms with van der Waals surface area (Å²) in [5.41, 5.74) is 2.03. The fraction of sp³-hybridized carbons (Fsp3) is 0.273. The second kappa shape index (κ2) is 4.25. The summed E-state index contributed by atoms with van der Waals surface area (Å²) in [6.07, 6.45) is 0.0750. The lowest BCUT2D eigenvalue weighted by Gasteiger charge is -1.99. The van der Waals surface area contributed by atoms with Gasteiger partial charge in [0.05, 0.1) is 18.5 Å². The molecule has 0 spiro atoms. The van der Waals surface area contributed by atoms with Gasteiger partial charge in [-0.15, -0.1) is 0 Å². The lowest BCUT2D eigenvalue weighted by atomic mass is 10.2. The van der Waals surface area contributed by atoms with E-state index in [4.69, 9.17) is 5.11 Å². The second-order valence-corrected chi connectivity index (χ2v) is 4.43. The van der Waals surface area contributed by atoms with E-state index in [2.05, 4.69) is 21.0 Å². The number of hydrogen-bond acceptors (Lipinski definition) is 2. The minimum Gasteiger partial charge on any atom is -0.481 e. The van der Waals surface area contributed by atoms with E-state index in [1.807, 2.05) is 25.1 Å². The Balaban J connectivity index is 2.39. The minimum absolute atomic E-state index is 0.0750. The Morgan fingerprint density at radius 2 is 2.31 bits per heavy atom. The molecule has 0 saturated carbocycles. The normalized spacial score (nSPS) is 10.9. The zero-order valence-corrected chi connectivity index (χ0v) is 10.4. The highest BCUT2D eigenvalue weighted by Crippen LogP contribution is 2.24. The van der Waals surface area contributed by atoms with Crippen molar-refractivity contribution < 1.29 is 9.90 Å². The Labute approximate surface area is 101 Å². The van der Waals surface area contributed by atoms with Crippen LogP contribution >= 0.6 is 15.9 Å². The molecule has 0 aliphatic heterocycles. The van der Waals surface area contributed by atoms with Crippen molar-refractivity contribution in [1.82, 2.24) is 9.78 Å². The van der Waals surface area contributed by atoms with Crippen molar-refractivity contribution in [1.29, 1.82) is 0 Å². The van der Waals surface area contributed by atoms with Gasteiger partial charge in [0.15, 0.2) is 0 Å². The van der Waals surface area contributed by atoms with Crippen LogP contribution in [0.25, 0.3) is 10.9 Å². The number of carboxylic acid groups (broad SMARTS) is 1. The zero-order valence-electron chi connectivity index (χ0n) is 8.77. The van der Waals surface area contributed by atoms with Gasteiger partial charge < -0.3 is 5.11 Å². The van der Waals surface area contributed by atoms with Crippen LogP contribution in [0.15, 0.2) is 22.8 Å². The molecule has 4 nitrogen and oxygen atoms in total. The number of hydrogen-bond donors (Lipinski definition) is 1. The monoisotopic (exact) mass is 282 g/mol. The fourth-order valence-corrected chi connectivity index (χ4v) is 2.15. The maximum absolute atomic E-state index is 10.5. The highest BCUT2D eigenvalue weighted by Gasteiger charge is 2.09. The van der Waals surface area contributed by atoms with E-state index in [0.717, 1.165) is 21.1 Å². The summed E-state index contributed by atoms with van der Waals surface area (Å²) in [5, 5.41) is 14.0. The molecule has 1 heterocycles. The molecule has 0 aliphatic carbocycles. The molecule has 1 aromatic carbocycles. The largest absolute Gasteiger partial charge is 0.481 e. The molecule has 0 amide bonds. The zero-order chi connectivity index (χ0) is 11.7. The first-order valence-corrected chi connectivity index (χ1v) is 5.71. The van der Waals surface area contributed by atoms with Crippen molar-refractivity contribution >= 4 is 32.8 Å². The first-order valence-electron chi connectivity index (χ1n) is 4.92. The molecule has 5 heteroatoms. The summed E-state index contributed by atoms with van der Waals surface area (Å²) >= 11 is 3.43. The molecule has 0 fully saturated rings. The van der Waals surface area contributed by atoms with Crippen molar-refractivity contribution in [2.75, 3.05) is 0 Å². The van der Waals surface area contributed by atoms with Crippen LogP contribution < -0.4 is 0 Å². The van der Waals surface area contributed by atoms with Crippen molar-refractivity contribution in [2.45, 2.75) is 19.9 Å². The molecule has 0 atom stereocenters. The lowest BCUT2D eigenvalue weighted by Crippen LogP contribution is -2.05. The molecule has 0 saturated heterocycles. The topological polar surface area (TPSA) is 55.1 Å². The lowest BCUT2D eigenvalue weighted by molar-refractivity contribution is -0.137. The number of halogens is 1. The van der Waals surface area contributed by atoms with Crippen molar-refractivity contribution in [2.24, 2.45) is 0 Å². The molecule has 0 radical (unpaired) electrons. The summed E-state index contributed by atoms with van der Waals surface area (Å²) in [4.78, 5) is 10.5. The molecule has 2 rings (SSSR count). The molecule has 0 bridgehead atoms. The number of aromatic nitrogens is 2. The summed E-state index contributed by atoms with van der Waals surface area (Å²) in [7, 11) is 0. The standard InChI is InChI=1S/C11H11BrN2O2/c1-7-2-3-8-9(6-7)13-14(11(8)12)5-4-10(15)16/h2-3,6H,4-5H2,1H3,(H,15,16). The van der Waals surface area contributed by atoms with Crippen LogP contribution in [0.4, 0.5) is 0 Å².